The molecule has 0 bridgehead atoms. The Bertz CT molecular complexity index is 1620. The van der Waals surface area contributed by atoms with Gasteiger partial charge in [0.05, 0.1) is 0 Å². The average Bonchev–Trinajstić information content (AvgIpc) is 3.03. The number of rotatable bonds is 10. The van der Waals surface area contributed by atoms with Gasteiger partial charge in [-0.1, -0.05) is 0 Å². The number of nitrogen functional groups attached to an aromatic ring is 2. The first-order valence-corrected chi connectivity index (χ1v) is 13.5. The van der Waals surface area contributed by atoms with Crippen molar-refractivity contribution in [1.82, 2.24) is 0 Å². The quantitative estimate of drug-likeness (QED) is 0.159. The van der Waals surface area contributed by atoms with E-state index >= 15 is 0 Å². The normalized spacial score (nSPS) is 10.5. The predicted molar refractivity (Wildman–Crippen MR) is 168 cm³/mol. The molecule has 7 heteroatoms. The maximum absolute atomic E-state index is 5.99. The van der Waals surface area contributed by atoms with E-state index in [1.54, 1.807) is 24.3 Å². The van der Waals surface area contributed by atoms with E-state index in [9.17, 15) is 0 Å². The molecule has 0 saturated carbocycles. The van der Waals surface area contributed by atoms with Crippen molar-refractivity contribution in [2.24, 2.45) is 0 Å². The lowest BCUT2D eigenvalue weighted by molar-refractivity contribution is 0.460. The summed E-state index contributed by atoms with van der Waals surface area (Å²) < 4.78 is 29.6. The molecule has 0 saturated heterocycles. The van der Waals surface area contributed by atoms with Crippen molar-refractivity contribution in [3.63, 3.8) is 0 Å². The summed E-state index contributed by atoms with van der Waals surface area (Å²) in [6.07, 6.45) is 0. The van der Waals surface area contributed by atoms with Crippen LogP contribution in [-0.2, 0) is 0 Å². The molecular formula is C36H28N2O5. The Kier molecular flexibility index (Phi) is 7.95. The summed E-state index contributed by atoms with van der Waals surface area (Å²) in [5, 5.41) is 0. The molecule has 0 heterocycles. The van der Waals surface area contributed by atoms with Crippen LogP contribution in [-0.4, -0.2) is 0 Å². The molecule has 0 aliphatic heterocycles. The van der Waals surface area contributed by atoms with Crippen LogP contribution >= 0.6 is 0 Å². The lowest BCUT2D eigenvalue weighted by Gasteiger charge is -2.11. The summed E-state index contributed by atoms with van der Waals surface area (Å²) in [6.45, 7) is 0. The van der Waals surface area contributed by atoms with Gasteiger partial charge in [0, 0.05) is 11.4 Å². The van der Waals surface area contributed by atoms with E-state index in [0.29, 0.717) is 68.9 Å². The Labute approximate surface area is 249 Å². The van der Waals surface area contributed by atoms with Gasteiger partial charge in [-0.25, -0.2) is 0 Å². The van der Waals surface area contributed by atoms with Crippen molar-refractivity contribution in [3.8, 4) is 57.5 Å². The average molecular weight is 569 g/mol. The Morgan fingerprint density at radius 1 is 0.209 bits per heavy atom. The zero-order valence-corrected chi connectivity index (χ0v) is 23.1. The molecule has 6 aromatic carbocycles. The van der Waals surface area contributed by atoms with Gasteiger partial charge in [-0.05, 0) is 146 Å². The number of benzene rings is 6. The van der Waals surface area contributed by atoms with E-state index in [4.69, 9.17) is 35.2 Å². The van der Waals surface area contributed by atoms with Gasteiger partial charge in [-0.3, -0.25) is 0 Å². The predicted octanol–water partition coefficient (Wildman–Crippen LogP) is 9.81. The third-order valence-corrected chi connectivity index (χ3v) is 6.23. The lowest BCUT2D eigenvalue weighted by Crippen LogP contribution is -1.89. The molecule has 0 aromatic heterocycles. The number of hydrogen-bond donors (Lipinski definition) is 2. The molecule has 0 spiro atoms. The van der Waals surface area contributed by atoms with E-state index in [-0.39, 0.29) is 0 Å². The van der Waals surface area contributed by atoms with Gasteiger partial charge in [-0.15, -0.1) is 0 Å². The van der Waals surface area contributed by atoms with Gasteiger partial charge in [0.25, 0.3) is 0 Å². The molecule has 212 valence electrons. The monoisotopic (exact) mass is 568 g/mol. The highest BCUT2D eigenvalue weighted by molar-refractivity contribution is 5.46. The zero-order valence-electron chi connectivity index (χ0n) is 23.1. The molecule has 4 N–H and O–H groups in total. The third-order valence-electron chi connectivity index (χ3n) is 6.23. The number of anilines is 2. The van der Waals surface area contributed by atoms with Gasteiger partial charge in [0.15, 0.2) is 0 Å². The summed E-state index contributed by atoms with van der Waals surface area (Å²) in [5.41, 5.74) is 12.8. The molecule has 0 amide bonds. The first kappa shape index (κ1) is 27.1. The molecule has 0 unspecified atom stereocenters. The van der Waals surface area contributed by atoms with Gasteiger partial charge >= 0.3 is 0 Å². The van der Waals surface area contributed by atoms with E-state index in [2.05, 4.69) is 0 Å². The van der Waals surface area contributed by atoms with E-state index in [1.807, 2.05) is 121 Å². The minimum atomic E-state index is 0.685. The van der Waals surface area contributed by atoms with Crippen molar-refractivity contribution in [2.45, 2.75) is 0 Å². The Morgan fingerprint density at radius 3 is 0.465 bits per heavy atom. The van der Waals surface area contributed by atoms with Crippen LogP contribution in [0.5, 0.6) is 57.5 Å². The molecule has 0 radical (unpaired) electrons. The van der Waals surface area contributed by atoms with Crippen LogP contribution in [0.4, 0.5) is 11.4 Å². The van der Waals surface area contributed by atoms with Crippen LogP contribution in [0.3, 0.4) is 0 Å². The van der Waals surface area contributed by atoms with E-state index in [1.165, 1.54) is 0 Å². The highest BCUT2D eigenvalue weighted by atomic mass is 16.5. The van der Waals surface area contributed by atoms with Crippen LogP contribution in [0, 0.1) is 0 Å². The highest BCUT2D eigenvalue weighted by Crippen LogP contribution is 2.31. The van der Waals surface area contributed by atoms with Gasteiger partial charge < -0.3 is 35.2 Å². The molecule has 0 fully saturated rings. The first-order chi connectivity index (χ1) is 21.0. The number of nitrogens with two attached hydrogens (primary N) is 2. The lowest BCUT2D eigenvalue weighted by atomic mass is 10.3. The smallest absolute Gasteiger partial charge is 0.127 e. The van der Waals surface area contributed by atoms with Crippen molar-refractivity contribution < 1.29 is 23.7 Å². The third kappa shape index (κ3) is 7.56. The molecule has 43 heavy (non-hydrogen) atoms. The summed E-state index contributed by atoms with van der Waals surface area (Å²) in [5.74, 6) is 6.97. The Hall–Kier alpha value is -6.08. The standard InChI is InChI=1S/C36H28N2O5/c37-25-1-5-27(6-2-25)39-29-9-13-31(14-10-29)41-33-17-21-35(22-18-33)43-36-23-19-34(20-24-36)42-32-15-11-30(12-16-32)40-28-7-3-26(38)4-8-28/h1-24H,37-38H2. The second-order valence-electron chi connectivity index (χ2n) is 9.53. The van der Waals surface area contributed by atoms with Crippen LogP contribution in [0.1, 0.15) is 0 Å². The molecule has 0 aliphatic rings. The van der Waals surface area contributed by atoms with Crippen LogP contribution in [0.2, 0.25) is 0 Å². The van der Waals surface area contributed by atoms with Crippen molar-refractivity contribution in [3.05, 3.63) is 146 Å². The fourth-order valence-electron chi connectivity index (χ4n) is 4.06. The minimum absolute atomic E-state index is 0.685. The van der Waals surface area contributed by atoms with E-state index < -0.39 is 0 Å². The maximum atomic E-state index is 5.99. The van der Waals surface area contributed by atoms with Crippen LogP contribution < -0.4 is 35.2 Å². The van der Waals surface area contributed by atoms with Gasteiger partial charge in [0.2, 0.25) is 0 Å². The Balaban J connectivity index is 0.988. The zero-order chi connectivity index (χ0) is 29.4. The molecule has 0 aliphatic carbocycles. The second kappa shape index (κ2) is 12.6. The summed E-state index contributed by atoms with van der Waals surface area (Å²) in [6, 6.07) is 44.1. The van der Waals surface area contributed by atoms with Crippen molar-refractivity contribution in [2.75, 3.05) is 11.5 Å². The molecule has 6 rings (SSSR count). The van der Waals surface area contributed by atoms with Crippen molar-refractivity contribution >= 4 is 11.4 Å². The maximum Gasteiger partial charge on any atom is 0.127 e. The summed E-state index contributed by atoms with van der Waals surface area (Å²) in [4.78, 5) is 0. The summed E-state index contributed by atoms with van der Waals surface area (Å²) in [7, 11) is 0. The second-order valence-corrected chi connectivity index (χ2v) is 9.53. The number of hydrogen-bond acceptors (Lipinski definition) is 7. The molecule has 6 aromatic rings. The highest BCUT2D eigenvalue weighted by Gasteiger charge is 2.05. The molecule has 0 atom stereocenters. The largest absolute Gasteiger partial charge is 0.457 e. The molecule has 7 nitrogen and oxygen atoms in total. The van der Waals surface area contributed by atoms with Gasteiger partial charge in [-0.2, -0.15) is 0 Å². The molecular weight excluding hydrogens is 540 g/mol. The van der Waals surface area contributed by atoms with Crippen molar-refractivity contribution in [1.29, 1.82) is 0 Å². The summed E-state index contributed by atoms with van der Waals surface area (Å²) >= 11 is 0. The SMILES string of the molecule is Nc1ccc(Oc2ccc(Oc3ccc(Oc4ccc(Oc5ccc(Oc6ccc(N)cc6)cc5)cc4)cc3)cc2)cc1. The Morgan fingerprint density at radius 2 is 0.326 bits per heavy atom. The van der Waals surface area contributed by atoms with Crippen LogP contribution in [0.25, 0.3) is 0 Å². The topological polar surface area (TPSA) is 98.2 Å². The first-order valence-electron chi connectivity index (χ1n) is 13.5. The van der Waals surface area contributed by atoms with E-state index in [0.717, 1.165) is 0 Å². The minimum Gasteiger partial charge on any atom is -0.457 e. The fourth-order valence-corrected chi connectivity index (χ4v) is 4.06. The number of ether oxygens (including phenoxy) is 5. The van der Waals surface area contributed by atoms with Crippen LogP contribution in [0.15, 0.2) is 146 Å². The van der Waals surface area contributed by atoms with Gasteiger partial charge in [0.1, 0.15) is 57.5 Å². The fraction of sp³-hybridized carbons (Fsp3) is 0.